The van der Waals surface area contributed by atoms with Crippen molar-refractivity contribution in [2.24, 2.45) is 5.92 Å². The van der Waals surface area contributed by atoms with Crippen molar-refractivity contribution in [3.05, 3.63) is 41.7 Å². The van der Waals surface area contributed by atoms with E-state index in [0.29, 0.717) is 11.4 Å². The number of aromatic nitrogens is 2. The molecule has 2 aromatic rings. The van der Waals surface area contributed by atoms with Gasteiger partial charge in [-0.1, -0.05) is 13.0 Å². The monoisotopic (exact) mass is 353 g/mol. The van der Waals surface area contributed by atoms with Crippen molar-refractivity contribution in [1.29, 1.82) is 0 Å². The Hall–Kier alpha value is -2.51. The first-order valence-electron chi connectivity index (χ1n) is 7.99. The molecule has 1 saturated carbocycles. The van der Waals surface area contributed by atoms with Crippen molar-refractivity contribution >= 4 is 11.6 Å². The molecule has 1 fully saturated rings. The summed E-state index contributed by atoms with van der Waals surface area (Å²) < 4.78 is 40.0. The maximum absolute atomic E-state index is 12.9. The summed E-state index contributed by atoms with van der Waals surface area (Å²) in [5, 5.41) is 15.7. The van der Waals surface area contributed by atoms with E-state index in [1.165, 1.54) is 16.8 Å². The second-order valence-electron chi connectivity index (χ2n) is 6.35. The van der Waals surface area contributed by atoms with E-state index in [9.17, 15) is 23.1 Å². The van der Waals surface area contributed by atoms with Crippen LogP contribution in [0.1, 0.15) is 37.1 Å². The maximum Gasteiger partial charge on any atom is 0.435 e. The van der Waals surface area contributed by atoms with E-state index in [-0.39, 0.29) is 24.1 Å². The molecule has 25 heavy (non-hydrogen) atoms. The van der Waals surface area contributed by atoms with E-state index < -0.39 is 17.8 Å². The standard InChI is InChI=1S/C17H18F3N3O2/c1-10(16(25)21-12-3-2-4-13(24)7-12)9-23-14(11-5-6-11)8-15(22-23)17(18,19)20/h2-4,7-8,10-11,24H,5-6,9H2,1H3,(H,21,25). The topological polar surface area (TPSA) is 67.2 Å². The van der Waals surface area contributed by atoms with Crippen molar-refractivity contribution in [2.75, 3.05) is 5.32 Å². The maximum atomic E-state index is 12.9. The highest BCUT2D eigenvalue weighted by atomic mass is 19.4. The van der Waals surface area contributed by atoms with Gasteiger partial charge in [0, 0.05) is 23.4 Å². The number of benzene rings is 1. The van der Waals surface area contributed by atoms with Gasteiger partial charge < -0.3 is 10.4 Å². The number of halogens is 3. The van der Waals surface area contributed by atoms with Gasteiger partial charge in [-0.25, -0.2) is 0 Å². The number of phenolic OH excluding ortho intramolecular Hbond substituents is 1. The second-order valence-corrected chi connectivity index (χ2v) is 6.35. The summed E-state index contributed by atoms with van der Waals surface area (Å²) in [7, 11) is 0. The van der Waals surface area contributed by atoms with E-state index in [0.717, 1.165) is 18.9 Å². The first kappa shape index (κ1) is 17.3. The van der Waals surface area contributed by atoms with E-state index in [1.54, 1.807) is 19.1 Å². The van der Waals surface area contributed by atoms with Gasteiger partial charge in [0.05, 0.1) is 12.5 Å². The fourth-order valence-electron chi connectivity index (χ4n) is 2.62. The Morgan fingerprint density at radius 3 is 2.72 bits per heavy atom. The van der Waals surface area contributed by atoms with E-state index in [4.69, 9.17) is 0 Å². The van der Waals surface area contributed by atoms with E-state index in [1.807, 2.05) is 0 Å². The Morgan fingerprint density at radius 2 is 2.12 bits per heavy atom. The molecule has 1 aromatic carbocycles. The molecule has 1 aromatic heterocycles. The zero-order valence-corrected chi connectivity index (χ0v) is 13.5. The van der Waals surface area contributed by atoms with Crippen molar-refractivity contribution < 1.29 is 23.1 Å². The summed E-state index contributed by atoms with van der Waals surface area (Å²) >= 11 is 0. The zero-order valence-electron chi connectivity index (χ0n) is 13.5. The number of phenols is 1. The molecule has 134 valence electrons. The molecule has 0 spiro atoms. The highest BCUT2D eigenvalue weighted by Gasteiger charge is 2.38. The third-order valence-electron chi connectivity index (χ3n) is 4.11. The summed E-state index contributed by atoms with van der Waals surface area (Å²) in [5.41, 5.74) is 0.0371. The lowest BCUT2D eigenvalue weighted by Gasteiger charge is -2.14. The van der Waals surface area contributed by atoms with Gasteiger partial charge >= 0.3 is 6.18 Å². The van der Waals surface area contributed by atoms with Crippen LogP contribution in [0.25, 0.3) is 0 Å². The second kappa shape index (κ2) is 6.42. The summed E-state index contributed by atoms with van der Waals surface area (Å²) in [6.07, 6.45) is -2.82. The van der Waals surface area contributed by atoms with Crippen LogP contribution in [0.4, 0.5) is 18.9 Å². The third kappa shape index (κ3) is 4.12. The lowest BCUT2D eigenvalue weighted by molar-refractivity contribution is -0.141. The Labute approximate surface area is 142 Å². The number of carbonyl (C=O) groups excluding carboxylic acids is 1. The molecule has 1 unspecified atom stereocenters. The number of hydrogen-bond donors (Lipinski definition) is 2. The average molecular weight is 353 g/mol. The molecular formula is C17H18F3N3O2. The highest BCUT2D eigenvalue weighted by Crippen LogP contribution is 2.42. The predicted octanol–water partition coefficient (Wildman–Crippen LogP) is 3.76. The number of nitrogens with zero attached hydrogens (tertiary/aromatic N) is 2. The Balaban J connectivity index is 1.72. The molecule has 8 heteroatoms. The van der Waals surface area contributed by atoms with Crippen LogP contribution < -0.4 is 5.32 Å². The lowest BCUT2D eigenvalue weighted by atomic mass is 10.1. The first-order valence-corrected chi connectivity index (χ1v) is 7.99. The van der Waals surface area contributed by atoms with Crippen LogP contribution in [-0.2, 0) is 17.5 Å². The van der Waals surface area contributed by atoms with Crippen LogP contribution in [0.5, 0.6) is 5.75 Å². The predicted molar refractivity (Wildman–Crippen MR) is 85.1 cm³/mol. The number of anilines is 1. The third-order valence-corrected chi connectivity index (χ3v) is 4.11. The molecule has 1 amide bonds. The van der Waals surface area contributed by atoms with Crippen molar-refractivity contribution in [3.8, 4) is 5.75 Å². The molecule has 1 heterocycles. The Bertz CT molecular complexity index is 782. The minimum Gasteiger partial charge on any atom is -0.508 e. The van der Waals surface area contributed by atoms with Gasteiger partial charge in [-0.3, -0.25) is 9.48 Å². The smallest absolute Gasteiger partial charge is 0.435 e. The fraction of sp³-hybridized carbons (Fsp3) is 0.412. The van der Waals surface area contributed by atoms with Gasteiger partial charge in [0.15, 0.2) is 5.69 Å². The normalized spacial score (nSPS) is 15.8. The summed E-state index contributed by atoms with van der Waals surface area (Å²) in [4.78, 5) is 12.3. The average Bonchev–Trinajstić information content (AvgIpc) is 3.27. The van der Waals surface area contributed by atoms with Gasteiger partial charge in [0.25, 0.3) is 0 Å². The molecule has 1 aliphatic carbocycles. The van der Waals surface area contributed by atoms with Crippen molar-refractivity contribution in [1.82, 2.24) is 9.78 Å². The number of alkyl halides is 3. The molecule has 1 aliphatic rings. The minimum absolute atomic E-state index is 0.0170. The summed E-state index contributed by atoms with van der Waals surface area (Å²) in [5.74, 6) is -0.828. The number of carbonyl (C=O) groups is 1. The zero-order chi connectivity index (χ0) is 18.2. The number of rotatable bonds is 5. The van der Waals surface area contributed by atoms with Gasteiger partial charge in [0.2, 0.25) is 5.91 Å². The van der Waals surface area contributed by atoms with Crippen molar-refractivity contribution in [3.63, 3.8) is 0 Å². The SMILES string of the molecule is CC(Cn1nc(C(F)(F)F)cc1C1CC1)C(=O)Nc1cccc(O)c1. The van der Waals surface area contributed by atoms with Crippen LogP contribution in [0.2, 0.25) is 0 Å². The van der Waals surface area contributed by atoms with Crippen molar-refractivity contribution in [2.45, 2.75) is 38.4 Å². The molecule has 2 N–H and O–H groups in total. The number of amides is 1. The van der Waals surface area contributed by atoms with Gasteiger partial charge in [-0.2, -0.15) is 18.3 Å². The van der Waals surface area contributed by atoms with Crippen LogP contribution in [0.3, 0.4) is 0 Å². The van der Waals surface area contributed by atoms with Crippen LogP contribution in [0, 0.1) is 5.92 Å². The number of nitrogens with one attached hydrogen (secondary N) is 1. The Kier molecular flexibility index (Phi) is 4.45. The van der Waals surface area contributed by atoms with Crippen LogP contribution in [-0.4, -0.2) is 20.8 Å². The number of hydrogen-bond acceptors (Lipinski definition) is 3. The Morgan fingerprint density at radius 1 is 1.40 bits per heavy atom. The van der Waals surface area contributed by atoms with Gasteiger partial charge in [-0.15, -0.1) is 0 Å². The highest BCUT2D eigenvalue weighted by molar-refractivity contribution is 5.92. The molecule has 0 saturated heterocycles. The molecular weight excluding hydrogens is 335 g/mol. The van der Waals surface area contributed by atoms with E-state index >= 15 is 0 Å². The van der Waals surface area contributed by atoms with Crippen LogP contribution in [0.15, 0.2) is 30.3 Å². The molecule has 0 aliphatic heterocycles. The quantitative estimate of drug-likeness (QED) is 0.860. The van der Waals surface area contributed by atoms with Crippen LogP contribution >= 0.6 is 0 Å². The number of aromatic hydroxyl groups is 1. The minimum atomic E-state index is -4.50. The molecule has 3 rings (SSSR count). The lowest BCUT2D eigenvalue weighted by Crippen LogP contribution is -2.25. The molecule has 0 radical (unpaired) electrons. The van der Waals surface area contributed by atoms with Gasteiger partial charge in [0.1, 0.15) is 5.75 Å². The fourth-order valence-corrected chi connectivity index (χ4v) is 2.62. The largest absolute Gasteiger partial charge is 0.508 e. The van der Waals surface area contributed by atoms with Gasteiger partial charge in [-0.05, 0) is 31.0 Å². The molecule has 1 atom stereocenters. The summed E-state index contributed by atoms with van der Waals surface area (Å²) in [6.45, 7) is 1.69. The first-order chi connectivity index (χ1) is 11.7. The summed E-state index contributed by atoms with van der Waals surface area (Å²) in [6, 6.07) is 7.16. The van der Waals surface area contributed by atoms with E-state index in [2.05, 4.69) is 10.4 Å². The molecule has 5 nitrogen and oxygen atoms in total. The molecule has 0 bridgehead atoms.